The number of aliphatic carboxylic acids is 1. The average Bonchev–Trinajstić information content (AvgIpc) is 3.07. The number of ether oxygens (including phenoxy) is 1. The topological polar surface area (TPSA) is 78.9 Å². The summed E-state index contributed by atoms with van der Waals surface area (Å²) in [6.07, 6.45) is 4.78. The molecule has 3 atom stereocenters. The Morgan fingerprint density at radius 2 is 1.95 bits per heavy atom. The number of hydrogen-bond acceptors (Lipinski definition) is 4. The molecule has 6 nitrogen and oxygen atoms in total. The van der Waals surface area contributed by atoms with Gasteiger partial charge in [0.2, 0.25) is 5.91 Å². The fourth-order valence-electron chi connectivity index (χ4n) is 3.76. The first-order valence-electron chi connectivity index (χ1n) is 7.51. The maximum atomic E-state index is 12.5. The minimum absolute atomic E-state index is 0.0201. The van der Waals surface area contributed by atoms with Crippen LogP contribution >= 0.6 is 0 Å². The molecule has 6 heteroatoms. The van der Waals surface area contributed by atoms with E-state index < -0.39 is 5.97 Å². The highest BCUT2D eigenvalue weighted by Gasteiger charge is 2.44. The number of nitrogens with zero attached hydrogens (tertiary/aromatic N) is 1. The van der Waals surface area contributed by atoms with Crippen molar-refractivity contribution in [2.75, 3.05) is 19.7 Å². The lowest BCUT2D eigenvalue weighted by Crippen LogP contribution is -2.46. The van der Waals surface area contributed by atoms with Gasteiger partial charge in [-0.1, -0.05) is 0 Å². The van der Waals surface area contributed by atoms with Crippen molar-refractivity contribution in [3.8, 4) is 0 Å². The van der Waals surface area contributed by atoms with Gasteiger partial charge in [-0.15, -0.1) is 0 Å². The van der Waals surface area contributed by atoms with Crippen LogP contribution < -0.4 is 5.32 Å². The highest BCUT2D eigenvalue weighted by atomic mass is 16.5. The standard InChI is InChI=1S/C14H22N2O4/c17-13(18)8-20-10-3-5-16(6-4-10)14(19)11-7-9-1-2-12(11)15-9/h9-12,15H,1-8H2,(H,17,18). The van der Waals surface area contributed by atoms with Gasteiger partial charge >= 0.3 is 5.97 Å². The summed E-state index contributed by atoms with van der Waals surface area (Å²) in [5, 5.41) is 12.1. The summed E-state index contributed by atoms with van der Waals surface area (Å²) in [5.74, 6) is -0.497. The Morgan fingerprint density at radius 3 is 2.50 bits per heavy atom. The van der Waals surface area contributed by atoms with Gasteiger partial charge < -0.3 is 20.1 Å². The summed E-state index contributed by atoms with van der Waals surface area (Å²) >= 11 is 0. The van der Waals surface area contributed by atoms with E-state index in [2.05, 4.69) is 5.32 Å². The minimum atomic E-state index is -0.934. The van der Waals surface area contributed by atoms with Crippen molar-refractivity contribution >= 4 is 11.9 Å². The molecule has 0 radical (unpaired) electrons. The second-order valence-corrected chi connectivity index (χ2v) is 6.12. The number of amides is 1. The first kappa shape index (κ1) is 13.8. The number of carboxylic acid groups (broad SMARTS) is 1. The van der Waals surface area contributed by atoms with Crippen LogP contribution in [0.2, 0.25) is 0 Å². The van der Waals surface area contributed by atoms with Crippen molar-refractivity contribution in [3.63, 3.8) is 0 Å². The molecule has 3 aliphatic heterocycles. The molecule has 3 heterocycles. The van der Waals surface area contributed by atoms with Gasteiger partial charge in [-0.2, -0.15) is 0 Å². The predicted octanol–water partition coefficient (Wildman–Crippen LogP) is 0.219. The van der Waals surface area contributed by atoms with Crippen LogP contribution in [0.3, 0.4) is 0 Å². The van der Waals surface area contributed by atoms with Gasteiger partial charge in [0.15, 0.2) is 0 Å². The van der Waals surface area contributed by atoms with Crippen molar-refractivity contribution < 1.29 is 19.4 Å². The normalized spacial score (nSPS) is 33.6. The number of hydrogen-bond donors (Lipinski definition) is 2. The Morgan fingerprint density at radius 1 is 1.20 bits per heavy atom. The molecule has 20 heavy (non-hydrogen) atoms. The van der Waals surface area contributed by atoms with Crippen LogP contribution in [0.5, 0.6) is 0 Å². The van der Waals surface area contributed by atoms with E-state index in [0.717, 1.165) is 25.7 Å². The van der Waals surface area contributed by atoms with Crippen LogP contribution in [0.15, 0.2) is 0 Å². The third-order valence-corrected chi connectivity index (χ3v) is 4.81. The van der Waals surface area contributed by atoms with Crippen LogP contribution in [-0.2, 0) is 14.3 Å². The molecular weight excluding hydrogens is 260 g/mol. The number of carbonyl (C=O) groups excluding carboxylic acids is 1. The summed E-state index contributed by atoms with van der Waals surface area (Å²) in [5.41, 5.74) is 0. The number of likely N-dealkylation sites (tertiary alicyclic amines) is 1. The van der Waals surface area contributed by atoms with E-state index in [-0.39, 0.29) is 24.5 Å². The van der Waals surface area contributed by atoms with E-state index in [1.807, 2.05) is 4.90 Å². The monoisotopic (exact) mass is 282 g/mol. The summed E-state index contributed by atoms with van der Waals surface area (Å²) in [6, 6.07) is 0.930. The van der Waals surface area contributed by atoms with Gasteiger partial charge in [0.1, 0.15) is 6.61 Å². The molecule has 3 saturated heterocycles. The Labute approximate surface area is 118 Å². The summed E-state index contributed by atoms with van der Waals surface area (Å²) in [6.45, 7) is 1.14. The molecule has 0 aromatic heterocycles. The molecule has 0 spiro atoms. The molecule has 3 unspecified atom stereocenters. The Bertz CT molecular complexity index is 393. The second kappa shape index (κ2) is 5.69. The van der Waals surface area contributed by atoms with Gasteiger partial charge in [0.05, 0.1) is 12.0 Å². The highest BCUT2D eigenvalue weighted by molar-refractivity contribution is 5.80. The molecule has 0 aromatic rings. The quantitative estimate of drug-likeness (QED) is 0.771. The van der Waals surface area contributed by atoms with E-state index in [1.165, 1.54) is 6.42 Å². The molecular formula is C14H22N2O4. The molecule has 0 aromatic carbocycles. The van der Waals surface area contributed by atoms with Gasteiger partial charge in [-0.25, -0.2) is 4.79 Å². The third kappa shape index (κ3) is 2.81. The largest absolute Gasteiger partial charge is 0.480 e. The first-order chi connectivity index (χ1) is 9.63. The number of fused-ring (bicyclic) bond motifs is 2. The molecule has 0 saturated carbocycles. The van der Waals surface area contributed by atoms with Gasteiger partial charge in [0.25, 0.3) is 0 Å². The van der Waals surface area contributed by atoms with E-state index in [4.69, 9.17) is 9.84 Å². The van der Waals surface area contributed by atoms with Gasteiger partial charge in [0, 0.05) is 25.2 Å². The van der Waals surface area contributed by atoms with Crippen molar-refractivity contribution in [2.24, 2.45) is 5.92 Å². The van der Waals surface area contributed by atoms with Crippen LogP contribution in [0, 0.1) is 5.92 Å². The number of rotatable bonds is 4. The van der Waals surface area contributed by atoms with Crippen LogP contribution in [-0.4, -0.2) is 59.8 Å². The molecule has 2 bridgehead atoms. The Hall–Kier alpha value is -1.14. The number of nitrogens with one attached hydrogen (secondary N) is 1. The molecule has 0 aliphatic carbocycles. The lowest BCUT2D eigenvalue weighted by atomic mass is 9.87. The highest BCUT2D eigenvalue weighted by Crippen LogP contribution is 2.34. The average molecular weight is 282 g/mol. The molecule has 1 amide bonds. The maximum Gasteiger partial charge on any atom is 0.329 e. The second-order valence-electron chi connectivity index (χ2n) is 6.12. The van der Waals surface area contributed by atoms with Crippen LogP contribution in [0.4, 0.5) is 0 Å². The molecule has 2 N–H and O–H groups in total. The lowest BCUT2D eigenvalue weighted by molar-refractivity contribution is -0.147. The van der Waals surface area contributed by atoms with Crippen molar-refractivity contribution in [2.45, 2.75) is 50.3 Å². The van der Waals surface area contributed by atoms with E-state index in [0.29, 0.717) is 25.2 Å². The van der Waals surface area contributed by atoms with Crippen molar-refractivity contribution in [1.29, 1.82) is 0 Å². The van der Waals surface area contributed by atoms with Crippen molar-refractivity contribution in [1.82, 2.24) is 10.2 Å². The molecule has 3 aliphatic rings. The van der Waals surface area contributed by atoms with Crippen molar-refractivity contribution in [3.05, 3.63) is 0 Å². The summed E-state index contributed by atoms with van der Waals surface area (Å²) < 4.78 is 5.30. The third-order valence-electron chi connectivity index (χ3n) is 4.81. The zero-order chi connectivity index (χ0) is 14.1. The van der Waals surface area contributed by atoms with Gasteiger partial charge in [-0.05, 0) is 32.1 Å². The molecule has 3 rings (SSSR count). The lowest BCUT2D eigenvalue weighted by Gasteiger charge is -2.34. The van der Waals surface area contributed by atoms with E-state index >= 15 is 0 Å². The maximum absolute atomic E-state index is 12.5. The summed E-state index contributed by atoms with van der Waals surface area (Å²) in [4.78, 5) is 24.9. The number of piperidine rings is 1. The van der Waals surface area contributed by atoms with E-state index in [9.17, 15) is 9.59 Å². The zero-order valence-electron chi connectivity index (χ0n) is 11.6. The molecule has 3 fully saturated rings. The zero-order valence-corrected chi connectivity index (χ0v) is 11.6. The number of carboxylic acids is 1. The minimum Gasteiger partial charge on any atom is -0.480 e. The smallest absolute Gasteiger partial charge is 0.329 e. The first-order valence-corrected chi connectivity index (χ1v) is 7.51. The van der Waals surface area contributed by atoms with Crippen LogP contribution in [0.25, 0.3) is 0 Å². The predicted molar refractivity (Wildman–Crippen MR) is 71.2 cm³/mol. The molecule has 112 valence electrons. The number of carbonyl (C=O) groups is 2. The SMILES string of the molecule is O=C(O)COC1CCN(C(=O)C2CC3CCC2N3)CC1. The fraction of sp³-hybridized carbons (Fsp3) is 0.857. The summed E-state index contributed by atoms with van der Waals surface area (Å²) in [7, 11) is 0. The van der Waals surface area contributed by atoms with Gasteiger partial charge in [-0.3, -0.25) is 4.79 Å². The Kier molecular flexibility index (Phi) is 3.94. The van der Waals surface area contributed by atoms with Crippen LogP contribution in [0.1, 0.15) is 32.1 Å². The Balaban J connectivity index is 1.46. The fourth-order valence-corrected chi connectivity index (χ4v) is 3.76. The van der Waals surface area contributed by atoms with E-state index in [1.54, 1.807) is 0 Å².